The predicted octanol–water partition coefficient (Wildman–Crippen LogP) is 20.9. The molecule has 15 rings (SSSR count). The Morgan fingerprint density at radius 2 is 0.802 bits per heavy atom. The van der Waals surface area contributed by atoms with Gasteiger partial charge in [-0.15, -0.1) is 17.8 Å². The standard InChI is InChI=1S/C21H13F3N2O2.C19H14F3N3O2.C18H14FN3O2.C18H13N5O3.C16H11F3N4O2S/c1-2-14-5-3-6-15(9-14)20(27)26-17-7-4-8-18(11-17)28-19-10-16(12-25-13-19)21(22,23)24;1-19(21,22)13-4-2-3-12(5-13)18(26)25-15-6-14(20)7-16(8-15)27-17-9-23-11-24-10-17;1-12-3-2-4-13(5-12)18(23)22-15-6-14(19)7-16(8-15)24-17-9-20-11-21-10-17;1-25-14-2-3-22-17(7-14)18(24)23-13-4-12(8-19)5-15(6-13)26-16-9-20-11-21-10-16;1-16(18,19)15-23-13(7-26-15)14(24)22-10-2-9(17)3-11(4-10)25-12-5-20-8-21-6-12/h1,3-13H,(H,26,27);2-11H,1H3,(H,25,26);2-11H,1H3,(H,22,23);2-7,9-11H,1H3,(H,23,24);2-8H,1H3,(H,22,24). The van der Waals surface area contributed by atoms with Crippen LogP contribution in [0.25, 0.3) is 0 Å². The molecule has 0 radical (unpaired) electrons. The predicted molar refractivity (Wildman–Crippen MR) is 458 cm³/mol. The number of pyridine rings is 2. The number of terminal acetylenes is 1. The Labute approximate surface area is 741 Å². The average molecular weight is 1810 g/mol. The van der Waals surface area contributed by atoms with Gasteiger partial charge in [-0.2, -0.15) is 27.2 Å². The second-order valence-corrected chi connectivity index (χ2v) is 27.8. The quantitative estimate of drug-likeness (QED) is 0.0293. The first kappa shape index (κ1) is 94.2. The molecule has 0 unspecified atom stereocenters. The highest BCUT2D eigenvalue weighted by Crippen LogP contribution is 2.36. The smallest absolute Gasteiger partial charge is 0.418 e. The minimum absolute atomic E-state index is 0.0252. The molecule has 131 heavy (non-hydrogen) atoms. The van der Waals surface area contributed by atoms with Crippen molar-refractivity contribution in [1.29, 1.82) is 5.26 Å². The van der Waals surface area contributed by atoms with Crippen molar-refractivity contribution in [2.75, 3.05) is 33.7 Å². The maximum atomic E-state index is 13.8. The van der Waals surface area contributed by atoms with Gasteiger partial charge >= 0.3 is 6.18 Å². The van der Waals surface area contributed by atoms with Crippen LogP contribution in [0, 0.1) is 48.1 Å². The van der Waals surface area contributed by atoms with Crippen molar-refractivity contribution in [1.82, 2.24) is 54.8 Å². The molecule has 28 nitrogen and oxygen atoms in total. The lowest BCUT2D eigenvalue weighted by molar-refractivity contribution is -0.138. The number of nitriles is 1. The summed E-state index contributed by atoms with van der Waals surface area (Å²) in [6.07, 6.45) is 21.0. The van der Waals surface area contributed by atoms with Crippen molar-refractivity contribution < 1.29 is 96.3 Å². The SMILES string of the molecule is C#Cc1cccc(C(=O)Nc2cccc(Oc3cncc(C(F)(F)F)c3)c2)c1.CC(F)(F)c1cccc(C(=O)Nc2cc(F)cc(Oc3cncnc3)c2)c1.CC(F)(F)c1nc(C(=O)Nc2cc(F)cc(Oc3cncnc3)c2)cs1.COc1ccnc(C(=O)Nc2cc(C#N)cc(Oc3cncnc3)c2)c1.Cc1cccc(C(=O)Nc2cc(F)cc(Oc3cncnc3)c2)c1. The Balaban J connectivity index is 0.000000158. The lowest BCUT2D eigenvalue weighted by Crippen LogP contribution is -2.14. The van der Waals surface area contributed by atoms with Crippen molar-refractivity contribution in [2.45, 2.75) is 38.8 Å². The van der Waals surface area contributed by atoms with Gasteiger partial charge in [0.15, 0.2) is 28.0 Å². The molecule has 5 amide bonds. The summed E-state index contributed by atoms with van der Waals surface area (Å²) in [5.74, 6) is -5.23. The van der Waals surface area contributed by atoms with Crippen molar-refractivity contribution >= 4 is 69.3 Å². The first-order chi connectivity index (χ1) is 62.7. The van der Waals surface area contributed by atoms with Crippen molar-refractivity contribution in [2.24, 2.45) is 0 Å². The van der Waals surface area contributed by atoms with E-state index in [-0.39, 0.29) is 80.2 Å². The Hall–Kier alpha value is -17.5. The maximum Gasteiger partial charge on any atom is 0.418 e. The molecule has 15 aromatic rings. The van der Waals surface area contributed by atoms with Crippen LogP contribution in [0.2, 0.25) is 0 Å². The number of aryl methyl sites for hydroxylation is 1. The number of rotatable bonds is 23. The number of halogens is 10. The fourth-order valence-corrected chi connectivity index (χ4v) is 11.6. The van der Waals surface area contributed by atoms with Crippen LogP contribution in [-0.2, 0) is 18.0 Å². The zero-order valence-electron chi connectivity index (χ0n) is 68.3. The number of carbonyl (C=O) groups excluding carboxylic acids is 5. The lowest BCUT2D eigenvalue weighted by atomic mass is 10.1. The number of anilines is 5. The second kappa shape index (κ2) is 44.4. The maximum absolute atomic E-state index is 13.8. The third-order valence-electron chi connectivity index (χ3n) is 16.7. The van der Waals surface area contributed by atoms with Crippen LogP contribution in [0.1, 0.15) is 98.7 Å². The van der Waals surface area contributed by atoms with E-state index in [0.29, 0.717) is 92.5 Å². The van der Waals surface area contributed by atoms with Gasteiger partial charge in [0.1, 0.15) is 94.4 Å². The summed E-state index contributed by atoms with van der Waals surface area (Å²) in [6, 6.07) is 46.9. The molecular weight excluding hydrogens is 1740 g/mol. The first-order valence-corrected chi connectivity index (χ1v) is 38.6. The molecule has 660 valence electrons. The number of thiazole rings is 1. The number of aromatic nitrogens is 11. The molecule has 0 aliphatic heterocycles. The van der Waals surface area contributed by atoms with Crippen molar-refractivity contribution in [3.63, 3.8) is 0 Å². The highest BCUT2D eigenvalue weighted by molar-refractivity contribution is 7.10. The van der Waals surface area contributed by atoms with Gasteiger partial charge < -0.3 is 55.0 Å². The molecule has 0 atom stereocenters. The van der Waals surface area contributed by atoms with Crippen LogP contribution in [0.5, 0.6) is 63.2 Å². The number of nitrogens with one attached hydrogen (secondary N) is 5. The molecule has 8 aromatic carbocycles. The minimum Gasteiger partial charge on any atom is -0.497 e. The van der Waals surface area contributed by atoms with Gasteiger partial charge in [0.05, 0.1) is 80.1 Å². The number of hydrogen-bond acceptors (Lipinski definition) is 24. The van der Waals surface area contributed by atoms with Gasteiger partial charge in [-0.3, -0.25) is 33.9 Å². The van der Waals surface area contributed by atoms with Crippen LogP contribution in [-0.4, -0.2) is 91.5 Å². The van der Waals surface area contributed by atoms with Crippen molar-refractivity contribution in [3.05, 3.63) is 365 Å². The molecule has 5 N–H and O–H groups in total. The minimum atomic E-state index is -4.52. The summed E-state index contributed by atoms with van der Waals surface area (Å²) in [4.78, 5) is 103. The van der Waals surface area contributed by atoms with Crippen LogP contribution in [0.15, 0.2) is 287 Å². The number of benzene rings is 8. The van der Waals surface area contributed by atoms with Gasteiger partial charge in [-0.25, -0.2) is 66.8 Å². The molecule has 7 heterocycles. The third-order valence-corrected chi connectivity index (χ3v) is 17.7. The Morgan fingerprint density at radius 1 is 0.382 bits per heavy atom. The van der Waals surface area contributed by atoms with Gasteiger partial charge in [-0.05, 0) is 104 Å². The van der Waals surface area contributed by atoms with Gasteiger partial charge in [0.2, 0.25) is 0 Å². The van der Waals surface area contributed by atoms with E-state index in [2.05, 4.69) is 87.3 Å². The number of methoxy groups -OCH3 is 1. The highest BCUT2D eigenvalue weighted by Gasteiger charge is 2.32. The summed E-state index contributed by atoms with van der Waals surface area (Å²) in [6.45, 7) is 3.33. The molecule has 0 saturated carbocycles. The molecule has 0 aliphatic carbocycles. The fraction of sp³-hybridized carbons (Fsp3) is 0.0761. The number of carbonyl (C=O) groups is 5. The Kier molecular flexibility index (Phi) is 31.9. The first-order valence-electron chi connectivity index (χ1n) is 37.8. The number of amides is 5. The fourth-order valence-electron chi connectivity index (χ4n) is 10.9. The van der Waals surface area contributed by atoms with E-state index in [1.807, 2.05) is 19.1 Å². The monoisotopic (exact) mass is 1810 g/mol. The normalized spacial score (nSPS) is 10.7. The van der Waals surface area contributed by atoms with E-state index in [4.69, 9.17) is 34.8 Å². The highest BCUT2D eigenvalue weighted by atomic mass is 32.1. The zero-order valence-corrected chi connectivity index (χ0v) is 69.1. The molecule has 0 aliphatic rings. The largest absolute Gasteiger partial charge is 0.497 e. The van der Waals surface area contributed by atoms with E-state index in [1.54, 1.807) is 78.9 Å². The number of alkyl halides is 7. The molecule has 0 spiro atoms. The lowest BCUT2D eigenvalue weighted by Gasteiger charge is -2.12. The van der Waals surface area contributed by atoms with E-state index in [9.17, 15) is 73.1 Å². The Bertz CT molecular complexity index is 6620. The number of ether oxygens (including phenoxy) is 6. The van der Waals surface area contributed by atoms with Gasteiger partial charge in [-0.1, -0.05) is 47.9 Å². The van der Waals surface area contributed by atoms with Crippen LogP contribution in [0.4, 0.5) is 72.3 Å². The van der Waals surface area contributed by atoms with Gasteiger partial charge in [0, 0.05) is 142 Å². The van der Waals surface area contributed by atoms with Crippen LogP contribution < -0.4 is 55.0 Å². The molecular formula is C92H65F10N17O11S. The summed E-state index contributed by atoms with van der Waals surface area (Å²) in [7, 11) is 1.50. The molecule has 7 aromatic heterocycles. The van der Waals surface area contributed by atoms with E-state index >= 15 is 0 Å². The zero-order chi connectivity index (χ0) is 93.6. The summed E-state index contributed by atoms with van der Waals surface area (Å²) < 4.78 is 165. The summed E-state index contributed by atoms with van der Waals surface area (Å²) >= 11 is 0.669. The Morgan fingerprint density at radius 3 is 1.26 bits per heavy atom. The van der Waals surface area contributed by atoms with E-state index in [0.717, 1.165) is 48.9 Å². The van der Waals surface area contributed by atoms with E-state index in [1.165, 1.54) is 166 Å². The molecule has 0 fully saturated rings. The number of hydrogen-bond donors (Lipinski definition) is 5. The summed E-state index contributed by atoms with van der Waals surface area (Å²) in [5.41, 5.74) is 2.86. The third kappa shape index (κ3) is 29.6. The van der Waals surface area contributed by atoms with Gasteiger partial charge in [0.25, 0.3) is 41.4 Å². The molecule has 0 bridgehead atoms. The second-order valence-electron chi connectivity index (χ2n) is 27.0. The van der Waals surface area contributed by atoms with Crippen LogP contribution >= 0.6 is 11.3 Å². The average Bonchev–Trinajstić information content (AvgIpc) is 1.71. The summed E-state index contributed by atoms with van der Waals surface area (Å²) in [5, 5.41) is 22.8. The van der Waals surface area contributed by atoms with E-state index < -0.39 is 63.8 Å². The van der Waals surface area contributed by atoms with Crippen molar-refractivity contribution in [3.8, 4) is 81.7 Å². The van der Waals surface area contributed by atoms with Crippen LogP contribution in [0.3, 0.4) is 0 Å². The number of nitrogens with zero attached hydrogens (tertiary/aromatic N) is 12. The molecule has 0 saturated heterocycles. The molecule has 39 heteroatoms. The topological polar surface area (TPSA) is 366 Å².